The van der Waals surface area contributed by atoms with Crippen molar-refractivity contribution < 1.29 is 8.42 Å². The van der Waals surface area contributed by atoms with E-state index >= 15 is 0 Å². The van der Waals surface area contributed by atoms with Gasteiger partial charge < -0.3 is 5.73 Å². The Hall–Kier alpha value is -1.93. The maximum Gasteiger partial charge on any atom is 0.216 e. The van der Waals surface area contributed by atoms with Crippen molar-refractivity contribution >= 4 is 15.7 Å². The van der Waals surface area contributed by atoms with E-state index in [4.69, 9.17) is 5.73 Å². The number of rotatable bonds is 5. The van der Waals surface area contributed by atoms with Gasteiger partial charge in [-0.1, -0.05) is 12.1 Å². The Morgan fingerprint density at radius 1 is 1.32 bits per heavy atom. The van der Waals surface area contributed by atoms with E-state index in [9.17, 15) is 8.42 Å². The zero-order chi connectivity index (χ0) is 13.9. The highest BCUT2D eigenvalue weighted by Crippen LogP contribution is 2.08. The van der Waals surface area contributed by atoms with E-state index in [-0.39, 0.29) is 12.3 Å². The maximum absolute atomic E-state index is 11.9. The van der Waals surface area contributed by atoms with Crippen molar-refractivity contribution in [2.45, 2.75) is 12.3 Å². The van der Waals surface area contributed by atoms with Gasteiger partial charge in [0.2, 0.25) is 10.0 Å². The van der Waals surface area contributed by atoms with Gasteiger partial charge in [0.1, 0.15) is 6.33 Å². The average molecular weight is 281 g/mol. The number of hydrogen-bond donors (Lipinski definition) is 2. The molecule has 0 spiro atoms. The van der Waals surface area contributed by atoms with Gasteiger partial charge in [0, 0.05) is 12.7 Å². The molecule has 0 atom stereocenters. The highest BCUT2D eigenvalue weighted by Gasteiger charge is 2.12. The van der Waals surface area contributed by atoms with Crippen molar-refractivity contribution in [2.75, 3.05) is 5.73 Å². The van der Waals surface area contributed by atoms with Gasteiger partial charge >= 0.3 is 0 Å². The summed E-state index contributed by atoms with van der Waals surface area (Å²) >= 11 is 0. The van der Waals surface area contributed by atoms with Crippen molar-refractivity contribution in [1.82, 2.24) is 19.5 Å². The van der Waals surface area contributed by atoms with Crippen LogP contribution in [0, 0.1) is 0 Å². The normalized spacial score (nSPS) is 11.6. The molecule has 8 heteroatoms. The molecule has 0 aliphatic carbocycles. The third-order valence-electron chi connectivity index (χ3n) is 2.43. The second-order valence-corrected chi connectivity index (χ2v) is 5.96. The number of sulfonamides is 1. The Kier molecular flexibility index (Phi) is 3.82. The third-order valence-corrected chi connectivity index (χ3v) is 3.73. The van der Waals surface area contributed by atoms with Crippen LogP contribution in [-0.2, 0) is 29.4 Å². The number of benzene rings is 1. The van der Waals surface area contributed by atoms with Gasteiger partial charge in [-0.25, -0.2) is 18.1 Å². The second-order valence-electron chi connectivity index (χ2n) is 4.16. The van der Waals surface area contributed by atoms with E-state index in [2.05, 4.69) is 14.8 Å². The highest BCUT2D eigenvalue weighted by atomic mass is 32.2. The van der Waals surface area contributed by atoms with Crippen LogP contribution in [0.1, 0.15) is 11.4 Å². The summed E-state index contributed by atoms with van der Waals surface area (Å²) in [5, 5.41) is 3.99. The van der Waals surface area contributed by atoms with Gasteiger partial charge in [-0.15, -0.1) is 0 Å². The SMILES string of the molecule is Cn1cnc(CNS(=O)(=O)Cc2ccc(N)cc2)n1. The molecule has 7 nitrogen and oxygen atoms in total. The third kappa shape index (κ3) is 4.04. The molecule has 2 aromatic rings. The fourth-order valence-corrected chi connectivity index (χ4v) is 2.61. The summed E-state index contributed by atoms with van der Waals surface area (Å²) in [4.78, 5) is 3.95. The summed E-state index contributed by atoms with van der Waals surface area (Å²) < 4.78 is 27.7. The molecule has 0 saturated heterocycles. The number of anilines is 1. The van der Waals surface area contributed by atoms with Gasteiger partial charge in [-0.2, -0.15) is 5.10 Å². The first-order valence-corrected chi connectivity index (χ1v) is 7.26. The van der Waals surface area contributed by atoms with Crippen LogP contribution in [-0.4, -0.2) is 23.2 Å². The molecular weight excluding hydrogens is 266 g/mol. The van der Waals surface area contributed by atoms with Crippen LogP contribution < -0.4 is 10.5 Å². The summed E-state index contributed by atoms with van der Waals surface area (Å²) in [6.45, 7) is 0.0815. The predicted octanol–water partition coefficient (Wildman–Crippen LogP) is 0.0169. The lowest BCUT2D eigenvalue weighted by atomic mass is 10.2. The molecule has 0 fully saturated rings. The van der Waals surface area contributed by atoms with Crippen molar-refractivity contribution in [2.24, 2.45) is 7.05 Å². The molecule has 3 N–H and O–H groups in total. The zero-order valence-corrected chi connectivity index (χ0v) is 11.3. The molecule has 2 rings (SSSR count). The summed E-state index contributed by atoms with van der Waals surface area (Å²) in [6, 6.07) is 6.72. The summed E-state index contributed by atoms with van der Waals surface area (Å²) in [7, 11) is -1.69. The fourth-order valence-electron chi connectivity index (χ4n) is 1.52. The van der Waals surface area contributed by atoms with Crippen molar-refractivity contribution in [3.05, 3.63) is 42.0 Å². The Morgan fingerprint density at radius 3 is 2.58 bits per heavy atom. The van der Waals surface area contributed by atoms with Gasteiger partial charge in [0.15, 0.2) is 5.82 Å². The molecule has 0 aliphatic rings. The predicted molar refractivity (Wildman–Crippen MR) is 71.3 cm³/mol. The molecular formula is C11H15N5O2S. The van der Waals surface area contributed by atoms with Crippen LogP contribution >= 0.6 is 0 Å². The highest BCUT2D eigenvalue weighted by molar-refractivity contribution is 7.88. The minimum absolute atomic E-state index is 0.0815. The molecule has 0 bridgehead atoms. The van der Waals surface area contributed by atoms with Crippen LogP contribution in [0.25, 0.3) is 0 Å². The number of hydrogen-bond acceptors (Lipinski definition) is 5. The van der Waals surface area contributed by atoms with E-state index < -0.39 is 10.0 Å². The van der Waals surface area contributed by atoms with Crippen molar-refractivity contribution in [1.29, 1.82) is 0 Å². The topological polar surface area (TPSA) is 103 Å². The Morgan fingerprint density at radius 2 is 2.00 bits per heavy atom. The summed E-state index contributed by atoms with van der Waals surface area (Å²) in [5.41, 5.74) is 6.82. The van der Waals surface area contributed by atoms with Crippen molar-refractivity contribution in [3.63, 3.8) is 0 Å². The minimum atomic E-state index is -3.42. The lowest BCUT2D eigenvalue weighted by Crippen LogP contribution is -2.25. The zero-order valence-electron chi connectivity index (χ0n) is 10.4. The van der Waals surface area contributed by atoms with Crippen LogP contribution in [0.5, 0.6) is 0 Å². The number of nitrogen functional groups attached to an aromatic ring is 1. The molecule has 0 unspecified atom stereocenters. The van der Waals surface area contributed by atoms with Crippen molar-refractivity contribution in [3.8, 4) is 0 Å². The molecule has 0 radical (unpaired) electrons. The summed E-state index contributed by atoms with van der Waals surface area (Å²) in [6.07, 6.45) is 1.52. The second kappa shape index (κ2) is 5.37. The molecule has 1 heterocycles. The van der Waals surface area contributed by atoms with E-state index in [1.54, 1.807) is 31.3 Å². The van der Waals surface area contributed by atoms with Gasteiger partial charge in [-0.05, 0) is 17.7 Å². The largest absolute Gasteiger partial charge is 0.399 e. The molecule has 0 aliphatic heterocycles. The fraction of sp³-hybridized carbons (Fsp3) is 0.273. The van der Waals surface area contributed by atoms with Gasteiger partial charge in [0.25, 0.3) is 0 Å². The van der Waals surface area contributed by atoms with Crippen LogP contribution in [0.15, 0.2) is 30.6 Å². The number of nitrogens with two attached hydrogens (primary N) is 1. The first kappa shape index (κ1) is 13.5. The Balaban J connectivity index is 1.97. The number of nitrogens with zero attached hydrogens (tertiary/aromatic N) is 3. The molecule has 1 aromatic heterocycles. The molecule has 19 heavy (non-hydrogen) atoms. The van der Waals surface area contributed by atoms with Crippen LogP contribution in [0.4, 0.5) is 5.69 Å². The quantitative estimate of drug-likeness (QED) is 0.752. The van der Waals surface area contributed by atoms with E-state index in [0.29, 0.717) is 17.1 Å². The van der Waals surface area contributed by atoms with Crippen LogP contribution in [0.3, 0.4) is 0 Å². The molecule has 0 saturated carbocycles. The number of nitrogens with one attached hydrogen (secondary N) is 1. The van der Waals surface area contributed by atoms with E-state index in [1.807, 2.05) is 0 Å². The smallest absolute Gasteiger partial charge is 0.216 e. The molecule has 102 valence electrons. The van der Waals surface area contributed by atoms with Gasteiger partial charge in [-0.3, -0.25) is 4.68 Å². The monoisotopic (exact) mass is 281 g/mol. The Bertz CT molecular complexity index is 648. The first-order chi connectivity index (χ1) is 8.94. The minimum Gasteiger partial charge on any atom is -0.399 e. The number of aromatic nitrogens is 3. The number of aryl methyl sites for hydroxylation is 1. The average Bonchev–Trinajstić information content (AvgIpc) is 2.76. The molecule has 1 aromatic carbocycles. The van der Waals surface area contributed by atoms with E-state index in [1.165, 1.54) is 11.0 Å². The van der Waals surface area contributed by atoms with E-state index in [0.717, 1.165) is 0 Å². The van der Waals surface area contributed by atoms with Crippen LogP contribution in [0.2, 0.25) is 0 Å². The lowest BCUT2D eigenvalue weighted by molar-refractivity contribution is 0.578. The summed E-state index contributed by atoms with van der Waals surface area (Å²) in [5.74, 6) is 0.337. The standard InChI is InChI=1S/C11H15N5O2S/c1-16-8-13-11(15-16)6-14-19(17,18)7-9-2-4-10(12)5-3-9/h2-5,8,14H,6-7,12H2,1H3. The lowest BCUT2D eigenvalue weighted by Gasteiger charge is -2.05. The maximum atomic E-state index is 11.9. The molecule has 0 amide bonds. The first-order valence-electron chi connectivity index (χ1n) is 5.61. The van der Waals surface area contributed by atoms with Gasteiger partial charge in [0.05, 0.1) is 12.3 Å². The Labute approximate surface area is 111 Å².